The van der Waals surface area contributed by atoms with E-state index in [-0.39, 0.29) is 0 Å². The molecule has 1 aromatic carbocycles. The van der Waals surface area contributed by atoms with Crippen LogP contribution in [0.2, 0.25) is 0 Å². The van der Waals surface area contributed by atoms with Crippen LogP contribution in [0.25, 0.3) is 0 Å². The van der Waals surface area contributed by atoms with Crippen molar-refractivity contribution in [3.8, 4) is 5.75 Å². The minimum absolute atomic E-state index is 0.469. The number of esters is 1. The van der Waals surface area contributed by atoms with E-state index in [9.17, 15) is 4.79 Å². The maximum absolute atomic E-state index is 10.8. The average molecular weight is 163 g/mol. The quantitative estimate of drug-likeness (QED) is 0.403. The summed E-state index contributed by atoms with van der Waals surface area (Å²) in [6, 6.07) is 8.81. The second-order valence-electron chi connectivity index (χ2n) is 2.09. The van der Waals surface area contributed by atoms with Crippen LogP contribution >= 0.6 is 0 Å². The molecule has 1 aromatic rings. The zero-order valence-corrected chi connectivity index (χ0v) is 6.44. The van der Waals surface area contributed by atoms with Crippen LogP contribution in [-0.4, -0.2) is 5.97 Å². The van der Waals surface area contributed by atoms with Crippen molar-refractivity contribution >= 4 is 5.97 Å². The van der Waals surface area contributed by atoms with E-state index in [1.165, 1.54) is 0 Å². The highest BCUT2D eigenvalue weighted by Gasteiger charge is 1.96. The fourth-order valence-corrected chi connectivity index (χ4v) is 0.717. The molecule has 0 aromatic heterocycles. The molecule has 0 bridgehead atoms. The number of hydrogen-bond acceptors (Lipinski definition) is 3. The molecule has 1 rings (SSSR count). The molecule has 62 valence electrons. The molecule has 0 amide bonds. The number of nitrogens with two attached hydrogens (primary N) is 1. The molecule has 0 atom stereocenters. The van der Waals surface area contributed by atoms with Crippen molar-refractivity contribution < 1.29 is 9.53 Å². The molecular formula is C9H9NO2. The first-order chi connectivity index (χ1) is 5.83. The van der Waals surface area contributed by atoms with Crippen LogP contribution in [0, 0.1) is 0 Å². The first-order valence-corrected chi connectivity index (χ1v) is 3.48. The molecule has 3 heteroatoms. The Balaban J connectivity index is 2.59. The Kier molecular flexibility index (Phi) is 2.90. The standard InChI is InChI=1S/C9H9NO2/c10-7-6-9(11)12-8-4-2-1-3-5-8/h1-7H,10H2/b7-6+. The molecule has 0 saturated carbocycles. The summed E-state index contributed by atoms with van der Waals surface area (Å²) < 4.78 is 4.85. The van der Waals surface area contributed by atoms with Crippen LogP contribution in [0.1, 0.15) is 0 Å². The zero-order chi connectivity index (χ0) is 8.81. The van der Waals surface area contributed by atoms with Crippen molar-refractivity contribution in [1.82, 2.24) is 0 Å². The molecule has 0 radical (unpaired) electrons. The molecule has 0 aliphatic carbocycles. The third-order valence-corrected chi connectivity index (χ3v) is 1.19. The van der Waals surface area contributed by atoms with Crippen LogP contribution in [0.5, 0.6) is 5.75 Å². The van der Waals surface area contributed by atoms with E-state index in [1.807, 2.05) is 6.07 Å². The van der Waals surface area contributed by atoms with Gasteiger partial charge in [0.05, 0.1) is 0 Å². The topological polar surface area (TPSA) is 52.3 Å². The number of hydrogen-bond donors (Lipinski definition) is 1. The summed E-state index contributed by atoms with van der Waals surface area (Å²) in [7, 11) is 0. The van der Waals surface area contributed by atoms with E-state index in [0.717, 1.165) is 12.3 Å². The normalized spacial score (nSPS) is 10.0. The minimum Gasteiger partial charge on any atom is -0.423 e. The number of benzene rings is 1. The van der Waals surface area contributed by atoms with Crippen LogP contribution < -0.4 is 10.5 Å². The Bertz CT molecular complexity index is 280. The number of carbonyl (C=O) groups excluding carboxylic acids is 1. The predicted octanol–water partition coefficient (Wildman–Crippen LogP) is 1.06. The van der Waals surface area contributed by atoms with Gasteiger partial charge in [0, 0.05) is 12.3 Å². The number of ether oxygens (including phenoxy) is 1. The van der Waals surface area contributed by atoms with Gasteiger partial charge in [-0.25, -0.2) is 4.79 Å². The second-order valence-corrected chi connectivity index (χ2v) is 2.09. The van der Waals surface area contributed by atoms with Crippen LogP contribution in [0.15, 0.2) is 42.6 Å². The lowest BCUT2D eigenvalue weighted by Crippen LogP contribution is -2.04. The van der Waals surface area contributed by atoms with Crippen LogP contribution in [0.4, 0.5) is 0 Å². The Labute approximate surface area is 70.5 Å². The van der Waals surface area contributed by atoms with Gasteiger partial charge in [0.15, 0.2) is 0 Å². The van der Waals surface area contributed by atoms with Gasteiger partial charge in [-0.2, -0.15) is 0 Å². The largest absolute Gasteiger partial charge is 0.423 e. The van der Waals surface area contributed by atoms with Gasteiger partial charge in [0.1, 0.15) is 5.75 Å². The highest BCUT2D eigenvalue weighted by molar-refractivity contribution is 5.83. The number of carbonyl (C=O) groups is 1. The molecule has 2 N–H and O–H groups in total. The van der Waals surface area contributed by atoms with E-state index < -0.39 is 5.97 Å². The Morgan fingerprint density at radius 3 is 2.58 bits per heavy atom. The lowest BCUT2D eigenvalue weighted by atomic mass is 10.3. The third kappa shape index (κ3) is 2.46. The predicted molar refractivity (Wildman–Crippen MR) is 45.4 cm³/mol. The van der Waals surface area contributed by atoms with Gasteiger partial charge in [-0.3, -0.25) is 0 Å². The maximum atomic E-state index is 10.8. The molecule has 0 fully saturated rings. The molecule has 0 saturated heterocycles. The van der Waals surface area contributed by atoms with Gasteiger partial charge in [-0.05, 0) is 12.1 Å². The minimum atomic E-state index is -0.469. The third-order valence-electron chi connectivity index (χ3n) is 1.19. The van der Waals surface area contributed by atoms with Gasteiger partial charge in [-0.1, -0.05) is 18.2 Å². The Hall–Kier alpha value is -1.77. The van der Waals surface area contributed by atoms with Crippen molar-refractivity contribution in [2.45, 2.75) is 0 Å². The van der Waals surface area contributed by atoms with Crippen LogP contribution in [0.3, 0.4) is 0 Å². The molecule has 0 unspecified atom stereocenters. The average Bonchev–Trinajstić information content (AvgIpc) is 2.06. The summed E-state index contributed by atoms with van der Waals surface area (Å²) in [5.41, 5.74) is 5.00. The highest BCUT2D eigenvalue weighted by Crippen LogP contribution is 2.08. The van der Waals surface area contributed by atoms with Gasteiger partial charge < -0.3 is 10.5 Å². The lowest BCUT2D eigenvalue weighted by Gasteiger charge is -1.98. The Morgan fingerprint density at radius 1 is 1.33 bits per heavy atom. The number of para-hydroxylation sites is 1. The summed E-state index contributed by atoms with van der Waals surface area (Å²) >= 11 is 0. The van der Waals surface area contributed by atoms with Crippen LogP contribution in [-0.2, 0) is 4.79 Å². The Morgan fingerprint density at radius 2 is 2.00 bits per heavy atom. The summed E-state index contributed by atoms with van der Waals surface area (Å²) in [5.74, 6) is 0.0456. The molecule has 0 aliphatic rings. The van der Waals surface area contributed by atoms with Crippen molar-refractivity contribution in [2.75, 3.05) is 0 Å². The first kappa shape index (κ1) is 8.33. The monoisotopic (exact) mass is 163 g/mol. The molecule has 3 nitrogen and oxygen atoms in total. The first-order valence-electron chi connectivity index (χ1n) is 3.48. The lowest BCUT2D eigenvalue weighted by molar-refractivity contribution is -0.129. The molecule has 0 spiro atoms. The SMILES string of the molecule is N/C=C/C(=O)Oc1ccccc1. The summed E-state index contributed by atoms with van der Waals surface area (Å²) in [5, 5.41) is 0. The van der Waals surface area contributed by atoms with Crippen molar-refractivity contribution in [2.24, 2.45) is 5.73 Å². The van der Waals surface area contributed by atoms with E-state index in [1.54, 1.807) is 24.3 Å². The fraction of sp³-hybridized carbons (Fsp3) is 0. The van der Waals surface area contributed by atoms with Crippen molar-refractivity contribution in [3.05, 3.63) is 42.6 Å². The molecular weight excluding hydrogens is 154 g/mol. The maximum Gasteiger partial charge on any atom is 0.337 e. The molecule has 12 heavy (non-hydrogen) atoms. The highest BCUT2D eigenvalue weighted by atomic mass is 16.5. The van der Waals surface area contributed by atoms with Gasteiger partial charge >= 0.3 is 5.97 Å². The van der Waals surface area contributed by atoms with E-state index in [2.05, 4.69) is 0 Å². The van der Waals surface area contributed by atoms with Crippen molar-refractivity contribution in [3.63, 3.8) is 0 Å². The molecule has 0 aliphatic heterocycles. The van der Waals surface area contributed by atoms with Gasteiger partial charge in [0.2, 0.25) is 0 Å². The number of rotatable bonds is 2. The van der Waals surface area contributed by atoms with E-state index in [4.69, 9.17) is 10.5 Å². The van der Waals surface area contributed by atoms with Gasteiger partial charge in [0.25, 0.3) is 0 Å². The van der Waals surface area contributed by atoms with Gasteiger partial charge in [-0.15, -0.1) is 0 Å². The zero-order valence-electron chi connectivity index (χ0n) is 6.44. The van der Waals surface area contributed by atoms with E-state index in [0.29, 0.717) is 5.75 Å². The summed E-state index contributed by atoms with van der Waals surface area (Å²) in [6.45, 7) is 0. The second kappa shape index (κ2) is 4.18. The van der Waals surface area contributed by atoms with Crippen molar-refractivity contribution in [1.29, 1.82) is 0 Å². The summed E-state index contributed by atoms with van der Waals surface area (Å²) in [4.78, 5) is 10.8. The summed E-state index contributed by atoms with van der Waals surface area (Å²) in [6.07, 6.45) is 2.30. The smallest absolute Gasteiger partial charge is 0.337 e. The van der Waals surface area contributed by atoms with E-state index >= 15 is 0 Å². The molecule has 0 heterocycles. The fourth-order valence-electron chi connectivity index (χ4n) is 0.717.